The van der Waals surface area contributed by atoms with Crippen molar-refractivity contribution in [3.8, 4) is 19.5 Å². The third-order valence-corrected chi connectivity index (χ3v) is 16.3. The number of aryl methyl sites for hydroxylation is 2. The van der Waals surface area contributed by atoms with Crippen molar-refractivity contribution in [2.45, 2.75) is 188 Å². The smallest absolute Gasteiger partial charge is 0.403 e. The van der Waals surface area contributed by atoms with Gasteiger partial charge in [0.1, 0.15) is 0 Å². The number of hydrogen-bond donors (Lipinski definition) is 0. The van der Waals surface area contributed by atoms with Gasteiger partial charge in [-0.3, -0.25) is 0 Å². The van der Waals surface area contributed by atoms with Crippen molar-refractivity contribution in [2.24, 2.45) is 0 Å². The zero-order valence-electron chi connectivity index (χ0n) is 38.0. The second-order valence-corrected chi connectivity index (χ2v) is 22.5. The van der Waals surface area contributed by atoms with E-state index in [1.165, 1.54) is 101 Å². The van der Waals surface area contributed by atoms with Crippen LogP contribution in [0.5, 0.6) is 0 Å². The highest BCUT2D eigenvalue weighted by Gasteiger charge is 2.53. The minimum Gasteiger partial charge on any atom is -0.403 e. The molecule has 0 saturated carbocycles. The first-order chi connectivity index (χ1) is 27.5. The molecule has 7 rings (SSSR count). The van der Waals surface area contributed by atoms with Gasteiger partial charge in [0.05, 0.1) is 22.4 Å². The number of rotatable bonds is 14. The van der Waals surface area contributed by atoms with E-state index < -0.39 is 0 Å². The van der Waals surface area contributed by atoms with Crippen LogP contribution in [0.15, 0.2) is 53.9 Å². The highest BCUT2D eigenvalue weighted by Crippen LogP contribution is 2.40. The molecular formula is C47H74B2O5S4. The van der Waals surface area contributed by atoms with E-state index in [9.17, 15) is 0 Å². The van der Waals surface area contributed by atoms with Gasteiger partial charge in [-0.2, -0.15) is 0 Å². The van der Waals surface area contributed by atoms with Gasteiger partial charge >= 0.3 is 14.2 Å². The molecule has 5 nitrogen and oxygen atoms in total. The molecule has 322 valence electrons. The lowest BCUT2D eigenvalue weighted by molar-refractivity contribution is 0.00578. The molecule has 7 heterocycles. The average Bonchev–Trinajstić information content (AvgIpc) is 4.02. The lowest BCUT2D eigenvalue weighted by Crippen LogP contribution is -2.41. The topological polar surface area (TPSA) is 46.2 Å². The summed E-state index contributed by atoms with van der Waals surface area (Å²) >= 11 is 7.51. The molecule has 3 saturated heterocycles. The first-order valence-electron chi connectivity index (χ1n) is 22.1. The van der Waals surface area contributed by atoms with Crippen LogP contribution in [-0.2, 0) is 36.2 Å². The van der Waals surface area contributed by atoms with Crippen LogP contribution < -0.4 is 4.78 Å². The van der Waals surface area contributed by atoms with Gasteiger partial charge in [0.2, 0.25) is 0 Å². The lowest BCUT2D eigenvalue weighted by atomic mass is 9.75. The van der Waals surface area contributed by atoms with Gasteiger partial charge in [-0.15, -0.1) is 45.3 Å². The van der Waals surface area contributed by atoms with Crippen LogP contribution in [0.1, 0.15) is 157 Å². The van der Waals surface area contributed by atoms with Crippen molar-refractivity contribution in [1.29, 1.82) is 0 Å². The summed E-state index contributed by atoms with van der Waals surface area (Å²) in [6.45, 7) is 27.5. The minimum atomic E-state index is -0.281. The maximum Gasteiger partial charge on any atom is 0.505 e. The third kappa shape index (κ3) is 14.7. The highest BCUT2D eigenvalue weighted by atomic mass is 32.1. The summed E-state index contributed by atoms with van der Waals surface area (Å²) in [7, 11) is -0.299. The molecule has 3 aliphatic rings. The number of hydrogen-bond acceptors (Lipinski definition) is 9. The van der Waals surface area contributed by atoms with Gasteiger partial charge in [-0.1, -0.05) is 78.4 Å². The molecule has 0 unspecified atom stereocenters. The largest absolute Gasteiger partial charge is 0.505 e. The summed E-state index contributed by atoms with van der Waals surface area (Å²) in [6, 6.07) is 17.8. The Hall–Kier alpha value is -1.27. The van der Waals surface area contributed by atoms with E-state index in [1.807, 2.05) is 34.0 Å². The molecule has 0 atom stereocenters. The molecule has 0 bridgehead atoms. The highest BCUT2D eigenvalue weighted by molar-refractivity contribution is 7.28. The van der Waals surface area contributed by atoms with Crippen LogP contribution in [0.25, 0.3) is 19.5 Å². The number of unbranched alkanes of at least 4 members (excludes halogenated alkanes) is 6. The van der Waals surface area contributed by atoms with Crippen molar-refractivity contribution in [1.82, 2.24) is 0 Å². The fourth-order valence-corrected chi connectivity index (χ4v) is 10.4. The van der Waals surface area contributed by atoms with Crippen LogP contribution in [0.3, 0.4) is 0 Å². The first-order valence-corrected chi connectivity index (χ1v) is 25.4. The number of ether oxygens (including phenoxy) is 1. The molecule has 3 fully saturated rings. The molecule has 0 N–H and O–H groups in total. The van der Waals surface area contributed by atoms with Crippen LogP contribution in [0.4, 0.5) is 0 Å². The quantitative estimate of drug-likeness (QED) is 0.0933. The standard InChI is InChI=1S/C20H29BO2S2.C14H18S2.C9H19BO2.C4H8O/c1-6-7-8-9-10-15-11-12-16(24-15)17-13-14-18(25-17)21-22-19(2,3)20(4,5)23-21;1-2-3-4-5-7-12-9-10-14(16-12)13-8-6-11-15-13;1-7(2)10-11-8(3,4)9(5,6)12-10;1-2-4-5-3-1/h11-14H,6-10H2,1-5H3;6,8-11H,2-5,7H2,1H3;7H,1-6H3;1-4H2. The van der Waals surface area contributed by atoms with Gasteiger partial charge in [0.25, 0.3) is 0 Å². The molecule has 3 aliphatic heterocycles. The van der Waals surface area contributed by atoms with E-state index >= 15 is 0 Å². The van der Waals surface area contributed by atoms with E-state index in [2.05, 4.69) is 137 Å². The molecule has 0 aromatic carbocycles. The maximum absolute atomic E-state index is 6.17. The van der Waals surface area contributed by atoms with Gasteiger partial charge < -0.3 is 23.4 Å². The second-order valence-electron chi connectivity index (χ2n) is 18.1. The molecule has 58 heavy (non-hydrogen) atoms. The summed E-state index contributed by atoms with van der Waals surface area (Å²) < 4.78 is 30.1. The Balaban J connectivity index is 0.000000193. The summed E-state index contributed by atoms with van der Waals surface area (Å²) in [5, 5.41) is 2.15. The van der Waals surface area contributed by atoms with Crippen molar-refractivity contribution >= 4 is 64.4 Å². The minimum absolute atomic E-state index is 0.0463. The molecule has 0 aliphatic carbocycles. The molecule has 0 amide bonds. The van der Waals surface area contributed by atoms with Gasteiger partial charge in [-0.05, 0) is 142 Å². The predicted molar refractivity (Wildman–Crippen MR) is 258 cm³/mol. The Kier molecular flexibility index (Phi) is 19.8. The Morgan fingerprint density at radius 3 is 1.43 bits per heavy atom. The average molecular weight is 869 g/mol. The fourth-order valence-electron chi connectivity index (χ4n) is 6.40. The first kappa shape index (κ1) is 49.4. The lowest BCUT2D eigenvalue weighted by Gasteiger charge is -2.32. The van der Waals surface area contributed by atoms with Gasteiger partial charge in [-0.25, -0.2) is 0 Å². The molecule has 4 aromatic rings. The predicted octanol–water partition coefficient (Wildman–Crippen LogP) is 14.8. The van der Waals surface area contributed by atoms with E-state index in [0.29, 0.717) is 5.82 Å². The van der Waals surface area contributed by atoms with Crippen molar-refractivity contribution in [3.05, 3.63) is 63.7 Å². The zero-order valence-corrected chi connectivity index (χ0v) is 41.3. The summed E-state index contributed by atoms with van der Waals surface area (Å²) in [4.78, 5) is 8.55. The molecule has 0 spiro atoms. The number of thiophene rings is 4. The fraction of sp³-hybridized carbons (Fsp3) is 0.660. The molecule has 4 aromatic heterocycles. The zero-order chi connectivity index (χ0) is 42.4. The Bertz CT molecular complexity index is 1680. The third-order valence-electron chi connectivity index (χ3n) is 11.6. The normalized spacial score (nSPS) is 18.7. The van der Waals surface area contributed by atoms with E-state index in [-0.39, 0.29) is 36.6 Å². The summed E-state index contributed by atoms with van der Waals surface area (Å²) in [6.07, 6.45) is 15.7. The van der Waals surface area contributed by atoms with Gasteiger partial charge in [0, 0.05) is 47.3 Å². The van der Waals surface area contributed by atoms with Crippen LogP contribution in [0.2, 0.25) is 5.82 Å². The molecular weight excluding hydrogens is 794 g/mol. The van der Waals surface area contributed by atoms with Crippen LogP contribution >= 0.6 is 45.3 Å². The van der Waals surface area contributed by atoms with Crippen LogP contribution in [-0.4, -0.2) is 49.9 Å². The van der Waals surface area contributed by atoms with Crippen molar-refractivity contribution in [2.75, 3.05) is 13.2 Å². The Morgan fingerprint density at radius 2 is 1.02 bits per heavy atom. The van der Waals surface area contributed by atoms with Gasteiger partial charge in [0.15, 0.2) is 0 Å². The Morgan fingerprint density at radius 1 is 0.552 bits per heavy atom. The van der Waals surface area contributed by atoms with Crippen LogP contribution in [0, 0.1) is 0 Å². The van der Waals surface area contributed by atoms with E-state index in [0.717, 1.165) is 18.0 Å². The Labute approximate surface area is 370 Å². The second kappa shape index (κ2) is 23.3. The van der Waals surface area contributed by atoms with E-state index in [4.69, 9.17) is 23.4 Å². The molecule has 11 heteroatoms. The van der Waals surface area contributed by atoms with E-state index in [1.54, 1.807) is 16.2 Å². The SMILES string of the molecule is C1CCOC1.CC(C)B1OC(C)(C)C(C)(C)O1.CCCCCCc1ccc(-c2ccc(B3OC(C)(C)C(C)(C)O3)s2)s1.CCCCCCc1ccc(-c2cccs2)s1. The summed E-state index contributed by atoms with van der Waals surface area (Å²) in [5.41, 5.74) is -0.920. The maximum atomic E-state index is 6.17. The molecule has 0 radical (unpaired) electrons. The summed E-state index contributed by atoms with van der Waals surface area (Å²) in [5.74, 6) is 0.422. The monoisotopic (exact) mass is 868 g/mol. The van der Waals surface area contributed by atoms with Crippen molar-refractivity contribution < 1.29 is 23.4 Å². The van der Waals surface area contributed by atoms with Crippen molar-refractivity contribution in [3.63, 3.8) is 0 Å².